The number of carbonyl (C=O) groups excluding carboxylic acids is 1. The van der Waals surface area contributed by atoms with E-state index in [1.807, 2.05) is 0 Å². The van der Waals surface area contributed by atoms with Crippen LogP contribution in [0.15, 0.2) is 42.9 Å². The number of aliphatic hydroxyl groups excluding tert-OH is 1. The molecule has 2 aromatic heterocycles. The molecule has 0 aliphatic carbocycles. The van der Waals surface area contributed by atoms with E-state index in [2.05, 4.69) is 15.1 Å². The highest BCUT2D eigenvalue weighted by molar-refractivity contribution is 7.52. The maximum atomic E-state index is 14.7. The van der Waals surface area contributed by atoms with Crippen LogP contribution in [-0.4, -0.2) is 61.4 Å². The molecule has 3 heterocycles. The third-order valence-electron chi connectivity index (χ3n) is 5.92. The van der Waals surface area contributed by atoms with Gasteiger partial charge in [0.2, 0.25) is 0 Å². The van der Waals surface area contributed by atoms with E-state index in [4.69, 9.17) is 41.7 Å². The number of nitrogens with one attached hydrogen (secondary N) is 1. The molecule has 6 atom stereocenters. The van der Waals surface area contributed by atoms with Gasteiger partial charge in [0, 0.05) is 6.20 Å². The summed E-state index contributed by atoms with van der Waals surface area (Å²) in [5.74, 6) is -1.16. The van der Waals surface area contributed by atoms with Crippen LogP contribution in [-0.2, 0) is 23.4 Å². The molecule has 0 amide bonds. The van der Waals surface area contributed by atoms with Crippen LogP contribution in [0.5, 0.6) is 5.75 Å². The monoisotopic (exact) mass is 604 g/mol. The summed E-state index contributed by atoms with van der Waals surface area (Å²) in [7, 11) is -4.24. The molecule has 1 unspecified atom stereocenters. The van der Waals surface area contributed by atoms with Gasteiger partial charge in [-0.15, -0.1) is 11.6 Å². The first-order valence-electron chi connectivity index (χ1n) is 12.0. The fraction of sp³-hybridized carbons (Fsp3) is 0.458. The molecule has 39 heavy (non-hydrogen) atoms. The largest absolute Gasteiger partial charge is 0.462 e. The van der Waals surface area contributed by atoms with Gasteiger partial charge < -0.3 is 23.7 Å². The zero-order valence-corrected chi connectivity index (χ0v) is 23.9. The number of fused-ring (bicyclic) bond motifs is 1. The molecule has 2 N–H and O–H groups in total. The molecule has 1 fully saturated rings. The Morgan fingerprint density at radius 1 is 1.31 bits per heavy atom. The van der Waals surface area contributed by atoms with Crippen molar-refractivity contribution >= 4 is 48.0 Å². The Hall–Kier alpha value is -2.31. The van der Waals surface area contributed by atoms with Crippen molar-refractivity contribution in [3.05, 3.63) is 53.8 Å². The van der Waals surface area contributed by atoms with Crippen molar-refractivity contribution in [1.82, 2.24) is 19.6 Å². The predicted octanol–water partition coefficient (Wildman–Crippen LogP) is 4.61. The summed E-state index contributed by atoms with van der Waals surface area (Å²) in [4.78, 5) is 18.7. The van der Waals surface area contributed by atoms with Gasteiger partial charge in [-0.1, -0.05) is 29.8 Å². The Bertz CT molecular complexity index is 1380. The van der Waals surface area contributed by atoms with Gasteiger partial charge in [-0.3, -0.25) is 9.32 Å². The number of nitrogens with zero attached hydrogens (tertiary/aromatic N) is 3. The molecule has 1 aromatic carbocycles. The first-order chi connectivity index (χ1) is 18.3. The average molecular weight is 605 g/mol. The lowest BCUT2D eigenvalue weighted by molar-refractivity contribution is -0.149. The maximum absolute atomic E-state index is 14.7. The summed E-state index contributed by atoms with van der Waals surface area (Å²) in [5.41, 5.74) is 0.107. The third kappa shape index (κ3) is 6.38. The van der Waals surface area contributed by atoms with Gasteiger partial charge in [-0.25, -0.2) is 18.9 Å². The molecule has 1 aliphatic rings. The number of aliphatic hydroxyl groups is 1. The highest BCUT2D eigenvalue weighted by atomic mass is 35.5. The number of esters is 1. The normalized spacial score (nSPS) is 25.5. The molecule has 0 radical (unpaired) electrons. The van der Waals surface area contributed by atoms with Crippen molar-refractivity contribution in [2.75, 3.05) is 6.61 Å². The second-order valence-electron chi connectivity index (χ2n) is 9.40. The number of aromatic nitrogens is 3. The number of rotatable bonds is 10. The molecule has 0 bridgehead atoms. The van der Waals surface area contributed by atoms with Crippen LogP contribution in [0.4, 0.5) is 4.39 Å². The maximum Gasteiger partial charge on any atom is 0.459 e. The van der Waals surface area contributed by atoms with E-state index in [1.165, 1.54) is 18.4 Å². The molecular weight excluding hydrogens is 577 g/mol. The van der Waals surface area contributed by atoms with Crippen LogP contribution in [0.1, 0.15) is 33.9 Å². The van der Waals surface area contributed by atoms with Gasteiger partial charge in [0.25, 0.3) is 0 Å². The van der Waals surface area contributed by atoms with E-state index in [9.17, 15) is 18.9 Å². The topological polar surface area (TPSA) is 134 Å². The van der Waals surface area contributed by atoms with Gasteiger partial charge in [-0.2, -0.15) is 5.09 Å². The highest BCUT2D eigenvalue weighted by Crippen LogP contribution is 2.49. The first kappa shape index (κ1) is 29.7. The second-order valence-corrected chi connectivity index (χ2v) is 12.3. The number of benzene rings is 1. The Morgan fingerprint density at radius 2 is 2.00 bits per heavy atom. The van der Waals surface area contributed by atoms with Gasteiger partial charge >= 0.3 is 13.7 Å². The molecule has 15 heteroatoms. The van der Waals surface area contributed by atoms with Gasteiger partial charge in [-0.05, 0) is 39.8 Å². The molecule has 1 aliphatic heterocycles. The fourth-order valence-corrected chi connectivity index (χ4v) is 6.06. The first-order valence-corrected chi connectivity index (χ1v) is 14.3. The van der Waals surface area contributed by atoms with E-state index in [1.54, 1.807) is 44.2 Å². The quantitative estimate of drug-likeness (QED) is 0.146. The number of alkyl halides is 1. The zero-order valence-electron chi connectivity index (χ0n) is 21.5. The third-order valence-corrected chi connectivity index (χ3v) is 8.26. The lowest BCUT2D eigenvalue weighted by Crippen LogP contribution is -2.40. The minimum absolute atomic E-state index is 0.0309. The van der Waals surface area contributed by atoms with Crippen LogP contribution in [0.2, 0.25) is 5.15 Å². The molecule has 3 aromatic rings. The number of para-hydroxylation sites is 1. The standard InChI is InChI=1S/C24H28Cl2FN4O7P/c1-13(2)36-22(33)14(3)30-39(34,38-15-8-6-5-7-9-15)35-11-17-19(32)24(4,26)23(37-17)31-10-16(27)18-20(25)28-12-29-21(18)31/h5-10,12-14,17,19,23,32H,11H2,1-4H3,(H,30,34)/t14-,17-,19-,23-,24-,39?/m1/s1. The van der Waals surface area contributed by atoms with Gasteiger partial charge in [0.1, 0.15) is 46.0 Å². The average Bonchev–Trinajstić information content (AvgIpc) is 3.31. The molecule has 11 nitrogen and oxygen atoms in total. The minimum Gasteiger partial charge on any atom is -0.462 e. The van der Waals surface area contributed by atoms with Gasteiger partial charge in [0.15, 0.2) is 12.0 Å². The van der Waals surface area contributed by atoms with E-state index < -0.39 is 61.6 Å². The number of carbonyl (C=O) groups is 1. The number of hydrogen-bond acceptors (Lipinski definition) is 9. The predicted molar refractivity (Wildman–Crippen MR) is 141 cm³/mol. The lowest BCUT2D eigenvalue weighted by Gasteiger charge is -2.26. The zero-order chi connectivity index (χ0) is 28.5. The number of halogens is 3. The van der Waals surface area contributed by atoms with Crippen molar-refractivity contribution in [2.45, 2.75) is 63.2 Å². The van der Waals surface area contributed by atoms with Crippen LogP contribution >= 0.6 is 30.9 Å². The summed E-state index contributed by atoms with van der Waals surface area (Å²) in [5, 5.41) is 13.4. The Kier molecular flexibility index (Phi) is 8.87. The Morgan fingerprint density at radius 3 is 2.67 bits per heavy atom. The second kappa shape index (κ2) is 11.7. The summed E-state index contributed by atoms with van der Waals surface area (Å²) in [6.07, 6.45) is -1.76. The van der Waals surface area contributed by atoms with Crippen molar-refractivity contribution in [2.24, 2.45) is 0 Å². The fourth-order valence-electron chi connectivity index (χ4n) is 4.04. The molecule has 212 valence electrons. The Labute approximate surface area is 234 Å². The van der Waals surface area contributed by atoms with Crippen LogP contribution in [0.3, 0.4) is 0 Å². The van der Waals surface area contributed by atoms with Gasteiger partial charge in [0.05, 0.1) is 18.1 Å². The van der Waals surface area contributed by atoms with Crippen LogP contribution in [0, 0.1) is 5.82 Å². The SMILES string of the molecule is CC(C)OC(=O)[C@@H](C)NP(=O)(OC[C@H]1O[C@@H](n2cc(F)c3c(Cl)ncnc32)[C@](C)(Cl)[C@@H]1O)Oc1ccccc1. The smallest absolute Gasteiger partial charge is 0.459 e. The highest BCUT2D eigenvalue weighted by Gasteiger charge is 2.54. The molecule has 0 spiro atoms. The van der Waals surface area contributed by atoms with E-state index in [0.717, 1.165) is 12.5 Å². The van der Waals surface area contributed by atoms with E-state index in [-0.39, 0.29) is 21.9 Å². The summed E-state index contributed by atoms with van der Waals surface area (Å²) in [6, 6.07) is 7.12. The van der Waals surface area contributed by atoms with Crippen LogP contribution < -0.4 is 9.61 Å². The van der Waals surface area contributed by atoms with Crippen molar-refractivity contribution in [3.8, 4) is 5.75 Å². The summed E-state index contributed by atoms with van der Waals surface area (Å²) >= 11 is 12.7. The molecule has 1 saturated heterocycles. The summed E-state index contributed by atoms with van der Waals surface area (Å²) in [6.45, 7) is 5.83. The molecule has 0 saturated carbocycles. The van der Waals surface area contributed by atoms with Crippen molar-refractivity contribution < 1.29 is 37.4 Å². The van der Waals surface area contributed by atoms with Crippen LogP contribution in [0.25, 0.3) is 11.0 Å². The Balaban J connectivity index is 1.56. The van der Waals surface area contributed by atoms with E-state index >= 15 is 0 Å². The van der Waals surface area contributed by atoms with Crippen molar-refractivity contribution in [1.29, 1.82) is 0 Å². The number of ether oxygens (including phenoxy) is 2. The number of hydrogen-bond donors (Lipinski definition) is 2. The molecular formula is C24H28Cl2FN4O7P. The lowest BCUT2D eigenvalue weighted by atomic mass is 10.0. The minimum atomic E-state index is -4.24. The molecule has 4 rings (SSSR count). The van der Waals surface area contributed by atoms with E-state index in [0.29, 0.717) is 0 Å². The van der Waals surface area contributed by atoms with Crippen molar-refractivity contribution in [3.63, 3.8) is 0 Å². The summed E-state index contributed by atoms with van der Waals surface area (Å²) < 4.78 is 52.1.